The Bertz CT molecular complexity index is 398. The number of hydrogen-bond acceptors (Lipinski definition) is 3. The molecule has 1 N–H and O–H groups in total. The summed E-state index contributed by atoms with van der Waals surface area (Å²) < 4.78 is 32.7. The molecule has 21 heavy (non-hydrogen) atoms. The molecule has 1 saturated carbocycles. The van der Waals surface area contributed by atoms with Crippen LogP contribution in [0.1, 0.15) is 46.5 Å². The fourth-order valence-electron chi connectivity index (χ4n) is 3.61. The van der Waals surface area contributed by atoms with E-state index in [1.165, 1.54) is 0 Å². The van der Waals surface area contributed by atoms with E-state index in [0.29, 0.717) is 25.9 Å². The van der Waals surface area contributed by atoms with E-state index in [1.54, 1.807) is 25.7 Å². The number of piperidine rings is 1. The maximum Gasteiger partial charge on any atom is 0.410 e. The van der Waals surface area contributed by atoms with Crippen molar-refractivity contribution in [1.82, 2.24) is 4.90 Å². The molecule has 0 aromatic carbocycles. The van der Waals surface area contributed by atoms with Crippen molar-refractivity contribution < 1.29 is 23.4 Å². The third kappa shape index (κ3) is 3.65. The molecule has 1 spiro atoms. The van der Waals surface area contributed by atoms with E-state index in [9.17, 15) is 18.7 Å². The SMILES string of the molecule is CC(C)(C)OC(=O)N1CCC2(CC1)CC(F)(F)CC2CO. The third-order valence-corrected chi connectivity index (χ3v) is 4.65. The lowest BCUT2D eigenvalue weighted by molar-refractivity contribution is -0.0195. The first-order valence-corrected chi connectivity index (χ1v) is 7.54. The monoisotopic (exact) mass is 305 g/mol. The number of carbonyl (C=O) groups excluding carboxylic acids is 1. The molecule has 0 aromatic rings. The summed E-state index contributed by atoms with van der Waals surface area (Å²) in [5.41, 5.74) is -1.09. The van der Waals surface area contributed by atoms with E-state index in [-0.39, 0.29) is 31.5 Å². The summed E-state index contributed by atoms with van der Waals surface area (Å²) >= 11 is 0. The number of aliphatic hydroxyl groups is 1. The van der Waals surface area contributed by atoms with Crippen molar-refractivity contribution in [2.45, 2.75) is 58.0 Å². The van der Waals surface area contributed by atoms with E-state index in [4.69, 9.17) is 4.74 Å². The molecule has 1 atom stereocenters. The van der Waals surface area contributed by atoms with Crippen LogP contribution < -0.4 is 0 Å². The molecule has 2 fully saturated rings. The molecule has 1 unspecified atom stereocenters. The maximum atomic E-state index is 13.7. The second-order valence-corrected chi connectivity index (χ2v) is 7.45. The minimum Gasteiger partial charge on any atom is -0.444 e. The van der Waals surface area contributed by atoms with Crippen LogP contribution >= 0.6 is 0 Å². The van der Waals surface area contributed by atoms with Crippen LogP contribution in [0.3, 0.4) is 0 Å². The Balaban J connectivity index is 1.98. The summed E-state index contributed by atoms with van der Waals surface area (Å²) in [5.74, 6) is -3.06. The molecule has 0 bridgehead atoms. The Hall–Kier alpha value is -0.910. The minimum absolute atomic E-state index is 0.173. The lowest BCUT2D eigenvalue weighted by atomic mass is 9.71. The summed E-state index contributed by atoms with van der Waals surface area (Å²) in [4.78, 5) is 13.6. The Morgan fingerprint density at radius 2 is 1.90 bits per heavy atom. The molecule has 2 aliphatic rings. The predicted octanol–water partition coefficient (Wildman–Crippen LogP) is 3.04. The molecule has 1 aliphatic carbocycles. The molecule has 1 saturated heterocycles. The Kier molecular flexibility index (Phi) is 4.21. The van der Waals surface area contributed by atoms with Gasteiger partial charge in [-0.2, -0.15) is 0 Å². The number of amides is 1. The second-order valence-electron chi connectivity index (χ2n) is 7.45. The Labute approximate surface area is 124 Å². The van der Waals surface area contributed by atoms with Gasteiger partial charge in [-0.15, -0.1) is 0 Å². The summed E-state index contributed by atoms with van der Waals surface area (Å²) in [6, 6.07) is 0. The van der Waals surface area contributed by atoms with E-state index in [0.717, 1.165) is 0 Å². The lowest BCUT2D eigenvalue weighted by Crippen LogP contribution is -2.47. The van der Waals surface area contributed by atoms with Crippen LogP contribution in [0.25, 0.3) is 0 Å². The number of alkyl halides is 2. The van der Waals surface area contributed by atoms with E-state index in [1.807, 2.05) is 0 Å². The van der Waals surface area contributed by atoms with Crippen molar-refractivity contribution in [1.29, 1.82) is 0 Å². The summed E-state index contributed by atoms with van der Waals surface area (Å²) in [5, 5.41) is 9.41. The molecule has 4 nitrogen and oxygen atoms in total. The van der Waals surface area contributed by atoms with Crippen molar-refractivity contribution in [3.8, 4) is 0 Å². The van der Waals surface area contributed by atoms with Gasteiger partial charge < -0.3 is 14.7 Å². The van der Waals surface area contributed by atoms with Gasteiger partial charge in [0, 0.05) is 32.5 Å². The summed E-state index contributed by atoms with van der Waals surface area (Å²) in [6.07, 6.45) is 0.214. The van der Waals surface area contributed by atoms with Gasteiger partial charge in [0.05, 0.1) is 0 Å². The van der Waals surface area contributed by atoms with Crippen LogP contribution in [0.4, 0.5) is 13.6 Å². The van der Waals surface area contributed by atoms with Gasteiger partial charge in [-0.3, -0.25) is 0 Å². The van der Waals surface area contributed by atoms with Gasteiger partial charge in [0.1, 0.15) is 5.60 Å². The fraction of sp³-hybridized carbons (Fsp3) is 0.933. The number of rotatable bonds is 1. The van der Waals surface area contributed by atoms with Crippen molar-refractivity contribution in [2.75, 3.05) is 19.7 Å². The van der Waals surface area contributed by atoms with Gasteiger partial charge in [0.15, 0.2) is 0 Å². The zero-order valence-electron chi connectivity index (χ0n) is 13.0. The first-order chi connectivity index (χ1) is 9.57. The molecule has 6 heteroatoms. The van der Waals surface area contributed by atoms with Crippen LogP contribution in [-0.2, 0) is 4.74 Å². The molecule has 0 aromatic heterocycles. The number of nitrogens with zero attached hydrogens (tertiary/aromatic N) is 1. The summed E-state index contributed by atoms with van der Waals surface area (Å²) in [6.45, 7) is 6.03. The summed E-state index contributed by atoms with van der Waals surface area (Å²) in [7, 11) is 0. The van der Waals surface area contributed by atoms with Crippen molar-refractivity contribution in [3.63, 3.8) is 0 Å². The van der Waals surface area contributed by atoms with Crippen LogP contribution in [0.5, 0.6) is 0 Å². The molecule has 1 amide bonds. The van der Waals surface area contributed by atoms with E-state index < -0.39 is 16.9 Å². The largest absolute Gasteiger partial charge is 0.444 e. The number of carbonyl (C=O) groups is 1. The predicted molar refractivity (Wildman–Crippen MR) is 74.2 cm³/mol. The topological polar surface area (TPSA) is 49.8 Å². The molecule has 0 radical (unpaired) electrons. The quantitative estimate of drug-likeness (QED) is 0.810. The van der Waals surface area contributed by atoms with E-state index in [2.05, 4.69) is 0 Å². The number of hydrogen-bond donors (Lipinski definition) is 1. The van der Waals surface area contributed by atoms with Crippen LogP contribution in [0, 0.1) is 11.3 Å². The number of aliphatic hydroxyl groups excluding tert-OH is 1. The fourth-order valence-corrected chi connectivity index (χ4v) is 3.61. The highest BCUT2D eigenvalue weighted by atomic mass is 19.3. The highest BCUT2D eigenvalue weighted by molar-refractivity contribution is 5.68. The normalized spacial score (nSPS) is 27.9. The average molecular weight is 305 g/mol. The molecule has 122 valence electrons. The standard InChI is InChI=1S/C15H25F2NO3/c1-13(2,3)21-12(20)18-6-4-14(5-7-18)10-15(16,17)8-11(14)9-19/h11,19H,4-10H2,1-3H3. The smallest absolute Gasteiger partial charge is 0.410 e. The number of ether oxygens (including phenoxy) is 1. The number of likely N-dealkylation sites (tertiary alicyclic amines) is 1. The Morgan fingerprint density at radius 3 is 2.38 bits per heavy atom. The van der Waals surface area contributed by atoms with Crippen LogP contribution in [-0.4, -0.2) is 47.3 Å². The lowest BCUT2D eigenvalue weighted by Gasteiger charge is -2.42. The van der Waals surface area contributed by atoms with Gasteiger partial charge in [-0.05, 0) is 44.9 Å². The highest BCUT2D eigenvalue weighted by Crippen LogP contribution is 2.56. The maximum absolute atomic E-state index is 13.7. The molecular weight excluding hydrogens is 280 g/mol. The average Bonchev–Trinajstić information content (AvgIpc) is 2.58. The van der Waals surface area contributed by atoms with Gasteiger partial charge in [-0.25, -0.2) is 13.6 Å². The Morgan fingerprint density at radius 1 is 1.33 bits per heavy atom. The van der Waals surface area contributed by atoms with Gasteiger partial charge in [0.25, 0.3) is 0 Å². The van der Waals surface area contributed by atoms with Crippen LogP contribution in [0.2, 0.25) is 0 Å². The number of halogens is 2. The van der Waals surface area contributed by atoms with Crippen molar-refractivity contribution in [2.24, 2.45) is 11.3 Å². The molecule has 1 heterocycles. The molecule has 1 aliphatic heterocycles. The van der Waals surface area contributed by atoms with Crippen LogP contribution in [0.15, 0.2) is 0 Å². The second kappa shape index (κ2) is 5.38. The first-order valence-electron chi connectivity index (χ1n) is 7.54. The zero-order valence-corrected chi connectivity index (χ0v) is 13.0. The molecular formula is C15H25F2NO3. The van der Waals surface area contributed by atoms with Gasteiger partial charge >= 0.3 is 6.09 Å². The minimum atomic E-state index is -2.69. The van der Waals surface area contributed by atoms with Gasteiger partial charge in [-0.1, -0.05) is 0 Å². The highest BCUT2D eigenvalue weighted by Gasteiger charge is 2.56. The third-order valence-electron chi connectivity index (χ3n) is 4.65. The first kappa shape index (κ1) is 16.5. The van der Waals surface area contributed by atoms with Crippen molar-refractivity contribution in [3.05, 3.63) is 0 Å². The molecule has 2 rings (SSSR count). The van der Waals surface area contributed by atoms with Crippen molar-refractivity contribution >= 4 is 6.09 Å². The zero-order chi connectivity index (χ0) is 15.9. The van der Waals surface area contributed by atoms with E-state index >= 15 is 0 Å². The van der Waals surface area contributed by atoms with Gasteiger partial charge in [0.2, 0.25) is 5.92 Å².